The maximum atomic E-state index is 11.9. The second kappa shape index (κ2) is 6.48. The van der Waals surface area contributed by atoms with Crippen LogP contribution in [0.3, 0.4) is 0 Å². The fraction of sp³-hybridized carbons (Fsp3) is 0.500. The van der Waals surface area contributed by atoms with Crippen molar-refractivity contribution in [1.29, 1.82) is 0 Å². The van der Waals surface area contributed by atoms with Crippen molar-refractivity contribution in [2.24, 2.45) is 0 Å². The fourth-order valence-electron chi connectivity index (χ4n) is 2.41. The lowest BCUT2D eigenvalue weighted by Crippen LogP contribution is -2.03. The summed E-state index contributed by atoms with van der Waals surface area (Å²) in [5.74, 6) is 0.400. The van der Waals surface area contributed by atoms with Crippen molar-refractivity contribution in [3.8, 4) is 0 Å². The molecule has 0 N–H and O–H groups in total. The Labute approximate surface area is 108 Å². The van der Waals surface area contributed by atoms with Crippen molar-refractivity contribution in [2.45, 2.75) is 51.4 Å². The first-order valence-electron chi connectivity index (χ1n) is 6.94. The van der Waals surface area contributed by atoms with Crippen LogP contribution < -0.4 is 0 Å². The van der Waals surface area contributed by atoms with E-state index in [0.29, 0.717) is 12.8 Å². The van der Waals surface area contributed by atoms with Gasteiger partial charge in [0.1, 0.15) is 0 Å². The lowest BCUT2D eigenvalue weighted by molar-refractivity contribution is 0.0966. The van der Waals surface area contributed by atoms with E-state index in [1.807, 2.05) is 0 Å². The van der Waals surface area contributed by atoms with Gasteiger partial charge >= 0.3 is 0 Å². The summed E-state index contributed by atoms with van der Waals surface area (Å²) in [6, 6.07) is 7.17. The molecule has 3 rings (SSSR count). The SMILES string of the molecule is O=C1CCCCCCCCC(=O)c2ccc1cc2. The quantitative estimate of drug-likeness (QED) is 0.686. The minimum absolute atomic E-state index is 0.200. The molecule has 1 aromatic rings. The summed E-state index contributed by atoms with van der Waals surface area (Å²) in [6.07, 6.45) is 7.84. The van der Waals surface area contributed by atoms with Gasteiger partial charge < -0.3 is 0 Å². The Morgan fingerprint density at radius 3 is 1.28 bits per heavy atom. The van der Waals surface area contributed by atoms with E-state index in [4.69, 9.17) is 0 Å². The third-order valence-corrected chi connectivity index (χ3v) is 3.59. The zero-order valence-electron chi connectivity index (χ0n) is 10.8. The number of ketones is 2. The Kier molecular flexibility index (Phi) is 4.68. The molecule has 2 bridgehead atoms. The molecule has 0 radical (unpaired) electrons. The van der Waals surface area contributed by atoms with Crippen LogP contribution in [0.25, 0.3) is 0 Å². The van der Waals surface area contributed by atoms with Crippen LogP contribution in [0.5, 0.6) is 0 Å². The first-order valence-corrected chi connectivity index (χ1v) is 6.94. The first kappa shape index (κ1) is 13.0. The van der Waals surface area contributed by atoms with E-state index in [2.05, 4.69) is 0 Å². The fourth-order valence-corrected chi connectivity index (χ4v) is 2.41. The molecule has 2 heteroatoms. The number of carbonyl (C=O) groups is 2. The second-order valence-corrected chi connectivity index (χ2v) is 5.05. The third kappa shape index (κ3) is 3.52. The van der Waals surface area contributed by atoms with E-state index >= 15 is 0 Å². The lowest BCUT2D eigenvalue weighted by Gasteiger charge is -2.06. The number of fused-ring (bicyclic) bond motifs is 11. The Morgan fingerprint density at radius 2 is 0.889 bits per heavy atom. The Morgan fingerprint density at radius 1 is 0.556 bits per heavy atom. The standard InChI is InChI=1S/C16H20O2/c17-15-7-5-3-1-2-4-6-8-16(18)14-11-9-13(15)10-12-14/h9-12H,1-8H2. The molecule has 0 fully saturated rings. The molecule has 2 nitrogen and oxygen atoms in total. The summed E-state index contributed by atoms with van der Waals surface area (Å²) >= 11 is 0. The molecule has 0 spiro atoms. The van der Waals surface area contributed by atoms with Crippen LogP contribution in [-0.2, 0) is 0 Å². The van der Waals surface area contributed by atoms with Gasteiger partial charge in [0.15, 0.2) is 11.6 Å². The van der Waals surface area contributed by atoms with Crippen molar-refractivity contribution in [3.05, 3.63) is 35.4 Å². The number of benzene rings is 1. The number of hydrogen-bond acceptors (Lipinski definition) is 2. The van der Waals surface area contributed by atoms with Crippen molar-refractivity contribution >= 4 is 11.6 Å². The van der Waals surface area contributed by atoms with Crippen LogP contribution in [-0.4, -0.2) is 11.6 Å². The minimum Gasteiger partial charge on any atom is -0.294 e. The van der Waals surface area contributed by atoms with E-state index in [-0.39, 0.29) is 11.6 Å². The highest BCUT2D eigenvalue weighted by molar-refractivity contribution is 5.99. The highest BCUT2D eigenvalue weighted by atomic mass is 16.1. The van der Waals surface area contributed by atoms with Gasteiger partial charge in [-0.3, -0.25) is 9.59 Å². The van der Waals surface area contributed by atoms with Crippen molar-refractivity contribution in [3.63, 3.8) is 0 Å². The van der Waals surface area contributed by atoms with Gasteiger partial charge in [-0.25, -0.2) is 0 Å². The summed E-state index contributed by atoms with van der Waals surface area (Å²) in [7, 11) is 0. The summed E-state index contributed by atoms with van der Waals surface area (Å²) < 4.78 is 0. The van der Waals surface area contributed by atoms with E-state index < -0.39 is 0 Å². The zero-order chi connectivity index (χ0) is 12.8. The van der Waals surface area contributed by atoms with Crippen molar-refractivity contribution in [2.75, 3.05) is 0 Å². The summed E-state index contributed by atoms with van der Waals surface area (Å²) in [4.78, 5) is 23.8. The van der Waals surface area contributed by atoms with Crippen LogP contribution >= 0.6 is 0 Å². The van der Waals surface area contributed by atoms with Gasteiger partial charge in [0.25, 0.3) is 0 Å². The lowest BCUT2D eigenvalue weighted by atomic mass is 9.98. The largest absolute Gasteiger partial charge is 0.294 e. The van der Waals surface area contributed by atoms with E-state index in [1.54, 1.807) is 24.3 Å². The predicted octanol–water partition coefficient (Wildman–Crippen LogP) is 4.19. The van der Waals surface area contributed by atoms with Crippen molar-refractivity contribution < 1.29 is 9.59 Å². The molecule has 0 amide bonds. The van der Waals surface area contributed by atoms with Crippen LogP contribution in [0.4, 0.5) is 0 Å². The van der Waals surface area contributed by atoms with Gasteiger partial charge in [0, 0.05) is 24.0 Å². The predicted molar refractivity (Wildman–Crippen MR) is 72.0 cm³/mol. The molecular weight excluding hydrogens is 224 g/mol. The van der Waals surface area contributed by atoms with E-state index in [0.717, 1.165) is 36.8 Å². The molecule has 96 valence electrons. The van der Waals surface area contributed by atoms with Gasteiger partial charge in [-0.2, -0.15) is 0 Å². The average molecular weight is 244 g/mol. The van der Waals surface area contributed by atoms with Gasteiger partial charge in [-0.1, -0.05) is 49.9 Å². The van der Waals surface area contributed by atoms with Crippen LogP contribution in [0.1, 0.15) is 72.1 Å². The Balaban J connectivity index is 2.13. The van der Waals surface area contributed by atoms with Crippen LogP contribution in [0.15, 0.2) is 24.3 Å². The zero-order valence-corrected chi connectivity index (χ0v) is 10.8. The molecule has 1 aromatic carbocycles. The Bertz CT molecular complexity index is 376. The van der Waals surface area contributed by atoms with Gasteiger partial charge in [0.05, 0.1) is 0 Å². The summed E-state index contributed by atoms with van der Waals surface area (Å²) in [6.45, 7) is 0. The highest BCUT2D eigenvalue weighted by Crippen LogP contribution is 2.15. The number of rotatable bonds is 0. The molecule has 0 saturated carbocycles. The molecule has 2 aliphatic carbocycles. The molecule has 0 aliphatic heterocycles. The monoisotopic (exact) mass is 244 g/mol. The maximum Gasteiger partial charge on any atom is 0.162 e. The molecule has 0 atom stereocenters. The summed E-state index contributed by atoms with van der Waals surface area (Å²) in [5.41, 5.74) is 1.48. The topological polar surface area (TPSA) is 34.1 Å². The molecule has 0 aromatic heterocycles. The van der Waals surface area contributed by atoms with Gasteiger partial charge in [-0.05, 0) is 12.8 Å². The molecule has 0 unspecified atom stereocenters. The minimum atomic E-state index is 0.200. The highest BCUT2D eigenvalue weighted by Gasteiger charge is 2.09. The normalized spacial score (nSPS) is 18.7. The Hall–Kier alpha value is -1.44. The van der Waals surface area contributed by atoms with Crippen LogP contribution in [0.2, 0.25) is 0 Å². The maximum absolute atomic E-state index is 11.9. The number of hydrogen-bond donors (Lipinski definition) is 0. The van der Waals surface area contributed by atoms with Gasteiger partial charge in [0.2, 0.25) is 0 Å². The van der Waals surface area contributed by atoms with E-state index in [1.165, 1.54) is 12.8 Å². The average Bonchev–Trinajstić information content (AvgIpc) is 2.40. The second-order valence-electron chi connectivity index (χ2n) is 5.05. The molecular formula is C16H20O2. The van der Waals surface area contributed by atoms with Gasteiger partial charge in [-0.15, -0.1) is 0 Å². The molecule has 18 heavy (non-hydrogen) atoms. The van der Waals surface area contributed by atoms with E-state index in [9.17, 15) is 9.59 Å². The number of carbonyl (C=O) groups excluding carboxylic acids is 2. The number of Topliss-reactive ketones (excluding diaryl/α,β-unsaturated/α-hetero) is 2. The molecule has 0 heterocycles. The van der Waals surface area contributed by atoms with Crippen LogP contribution in [0, 0.1) is 0 Å². The van der Waals surface area contributed by atoms with Crippen molar-refractivity contribution in [1.82, 2.24) is 0 Å². The first-order chi connectivity index (χ1) is 8.77. The third-order valence-electron chi connectivity index (χ3n) is 3.59. The molecule has 2 aliphatic rings. The molecule has 0 saturated heterocycles. The smallest absolute Gasteiger partial charge is 0.162 e. The summed E-state index contributed by atoms with van der Waals surface area (Å²) in [5, 5.41) is 0.